The SMILES string of the molecule is CCNC(=NCC1CCCCN1CC)N1CCC(OCC2CCCCO2)CC1. The van der Waals surface area contributed by atoms with Crippen LogP contribution in [-0.4, -0.2) is 86.5 Å². The van der Waals surface area contributed by atoms with E-state index in [1.165, 1.54) is 38.6 Å². The molecule has 0 aliphatic carbocycles. The van der Waals surface area contributed by atoms with Gasteiger partial charge >= 0.3 is 0 Å². The number of rotatable bonds is 7. The second-order valence-electron chi connectivity index (χ2n) is 8.48. The van der Waals surface area contributed by atoms with Gasteiger partial charge in [-0.2, -0.15) is 0 Å². The van der Waals surface area contributed by atoms with Gasteiger partial charge in [0.15, 0.2) is 5.96 Å². The summed E-state index contributed by atoms with van der Waals surface area (Å²) < 4.78 is 12.0. The third-order valence-corrected chi connectivity index (χ3v) is 6.48. The first-order valence-electron chi connectivity index (χ1n) is 11.8. The zero-order chi connectivity index (χ0) is 19.6. The zero-order valence-corrected chi connectivity index (χ0v) is 18.2. The highest BCUT2D eigenvalue weighted by Gasteiger charge is 2.25. The van der Waals surface area contributed by atoms with E-state index in [1.807, 2.05) is 0 Å². The van der Waals surface area contributed by atoms with Gasteiger partial charge in [0.25, 0.3) is 0 Å². The van der Waals surface area contributed by atoms with Crippen LogP contribution in [0.5, 0.6) is 0 Å². The monoisotopic (exact) mass is 394 g/mol. The predicted molar refractivity (Wildman–Crippen MR) is 115 cm³/mol. The van der Waals surface area contributed by atoms with E-state index < -0.39 is 0 Å². The Hall–Kier alpha value is -0.850. The van der Waals surface area contributed by atoms with Crippen LogP contribution in [-0.2, 0) is 9.47 Å². The standard InChI is InChI=1S/C22H42N4O2/c1-3-23-22(24-17-19-9-5-7-13-25(19)4-2)26-14-11-20(12-15-26)28-18-21-10-6-8-16-27-21/h19-21H,3-18H2,1-2H3,(H,23,24). The van der Waals surface area contributed by atoms with Crippen molar-refractivity contribution in [1.82, 2.24) is 15.1 Å². The van der Waals surface area contributed by atoms with E-state index in [0.29, 0.717) is 18.2 Å². The zero-order valence-electron chi connectivity index (χ0n) is 18.2. The molecule has 0 bridgehead atoms. The highest BCUT2D eigenvalue weighted by atomic mass is 16.5. The molecule has 3 saturated heterocycles. The summed E-state index contributed by atoms with van der Waals surface area (Å²) in [7, 11) is 0. The number of hydrogen-bond donors (Lipinski definition) is 1. The van der Waals surface area contributed by atoms with Gasteiger partial charge in [-0.3, -0.25) is 9.89 Å². The molecular weight excluding hydrogens is 352 g/mol. The van der Waals surface area contributed by atoms with Crippen molar-refractivity contribution in [3.8, 4) is 0 Å². The quantitative estimate of drug-likeness (QED) is 0.531. The maximum Gasteiger partial charge on any atom is 0.193 e. The molecule has 3 heterocycles. The minimum Gasteiger partial charge on any atom is -0.376 e. The summed E-state index contributed by atoms with van der Waals surface area (Å²) in [6.07, 6.45) is 10.5. The van der Waals surface area contributed by atoms with E-state index in [9.17, 15) is 0 Å². The molecule has 0 radical (unpaired) electrons. The topological polar surface area (TPSA) is 49.3 Å². The lowest BCUT2D eigenvalue weighted by atomic mass is 10.0. The number of hydrogen-bond acceptors (Lipinski definition) is 4. The maximum atomic E-state index is 6.18. The molecule has 3 aliphatic rings. The van der Waals surface area contributed by atoms with Crippen molar-refractivity contribution < 1.29 is 9.47 Å². The average Bonchev–Trinajstić information content (AvgIpc) is 2.76. The van der Waals surface area contributed by atoms with Crippen molar-refractivity contribution >= 4 is 5.96 Å². The number of likely N-dealkylation sites (N-methyl/N-ethyl adjacent to an activating group) is 1. The lowest BCUT2D eigenvalue weighted by Gasteiger charge is -2.36. The van der Waals surface area contributed by atoms with E-state index >= 15 is 0 Å². The van der Waals surface area contributed by atoms with Crippen LogP contribution in [0.3, 0.4) is 0 Å². The van der Waals surface area contributed by atoms with Crippen LogP contribution in [0.2, 0.25) is 0 Å². The summed E-state index contributed by atoms with van der Waals surface area (Å²) in [4.78, 5) is 10.1. The molecule has 0 spiro atoms. The van der Waals surface area contributed by atoms with Crippen LogP contribution < -0.4 is 5.32 Å². The number of nitrogens with one attached hydrogen (secondary N) is 1. The summed E-state index contributed by atoms with van der Waals surface area (Å²) in [6.45, 7) is 12.4. The fourth-order valence-electron chi connectivity index (χ4n) is 4.72. The molecule has 6 heteroatoms. The molecule has 6 nitrogen and oxygen atoms in total. The average molecular weight is 395 g/mol. The third kappa shape index (κ3) is 6.60. The Labute approximate surface area is 172 Å². The minimum absolute atomic E-state index is 0.322. The minimum atomic E-state index is 0.322. The van der Waals surface area contributed by atoms with Crippen molar-refractivity contribution in [2.45, 2.75) is 83.5 Å². The normalized spacial score (nSPS) is 28.5. The lowest BCUT2D eigenvalue weighted by molar-refractivity contribution is -0.0721. The Morgan fingerprint density at radius 2 is 1.86 bits per heavy atom. The number of piperidine rings is 2. The molecule has 2 unspecified atom stereocenters. The Morgan fingerprint density at radius 1 is 1.04 bits per heavy atom. The molecule has 0 saturated carbocycles. The van der Waals surface area contributed by atoms with Gasteiger partial charge in [0.05, 0.1) is 25.4 Å². The number of aliphatic imine (C=N–C) groups is 1. The summed E-state index contributed by atoms with van der Waals surface area (Å²) in [5, 5.41) is 3.52. The van der Waals surface area contributed by atoms with Crippen LogP contribution >= 0.6 is 0 Å². The number of likely N-dealkylation sites (tertiary alicyclic amines) is 2. The van der Waals surface area contributed by atoms with Gasteiger partial charge in [-0.05, 0) is 65.0 Å². The van der Waals surface area contributed by atoms with Crippen LogP contribution in [0.4, 0.5) is 0 Å². The van der Waals surface area contributed by atoms with Gasteiger partial charge in [-0.25, -0.2) is 0 Å². The molecule has 0 amide bonds. The van der Waals surface area contributed by atoms with Crippen molar-refractivity contribution in [2.75, 3.05) is 52.5 Å². The van der Waals surface area contributed by atoms with E-state index in [0.717, 1.165) is 71.2 Å². The number of ether oxygens (including phenoxy) is 2. The maximum absolute atomic E-state index is 6.18. The second kappa shape index (κ2) is 12.0. The molecule has 162 valence electrons. The van der Waals surface area contributed by atoms with Crippen LogP contribution in [0.25, 0.3) is 0 Å². The second-order valence-corrected chi connectivity index (χ2v) is 8.48. The Balaban J connectivity index is 1.44. The number of guanidine groups is 1. The van der Waals surface area contributed by atoms with Crippen molar-refractivity contribution in [3.63, 3.8) is 0 Å². The van der Waals surface area contributed by atoms with Gasteiger partial charge in [0.2, 0.25) is 0 Å². The molecular formula is C22H42N4O2. The van der Waals surface area contributed by atoms with Gasteiger partial charge in [-0.15, -0.1) is 0 Å². The fraction of sp³-hybridized carbons (Fsp3) is 0.955. The van der Waals surface area contributed by atoms with Crippen molar-refractivity contribution in [3.05, 3.63) is 0 Å². The largest absolute Gasteiger partial charge is 0.376 e. The molecule has 0 aromatic rings. The van der Waals surface area contributed by atoms with E-state index in [2.05, 4.69) is 29.0 Å². The number of nitrogens with zero attached hydrogens (tertiary/aromatic N) is 3. The van der Waals surface area contributed by atoms with Crippen LogP contribution in [0.1, 0.15) is 65.2 Å². The smallest absolute Gasteiger partial charge is 0.193 e. The van der Waals surface area contributed by atoms with E-state index in [-0.39, 0.29) is 0 Å². The first-order valence-corrected chi connectivity index (χ1v) is 11.8. The van der Waals surface area contributed by atoms with Crippen LogP contribution in [0.15, 0.2) is 4.99 Å². The molecule has 3 aliphatic heterocycles. The molecule has 0 aromatic heterocycles. The molecule has 3 fully saturated rings. The molecule has 1 N–H and O–H groups in total. The van der Waals surface area contributed by atoms with Crippen LogP contribution in [0, 0.1) is 0 Å². The summed E-state index contributed by atoms with van der Waals surface area (Å²) in [5.74, 6) is 1.10. The third-order valence-electron chi connectivity index (χ3n) is 6.48. The molecule has 28 heavy (non-hydrogen) atoms. The van der Waals surface area contributed by atoms with E-state index in [4.69, 9.17) is 14.5 Å². The summed E-state index contributed by atoms with van der Waals surface area (Å²) in [5.41, 5.74) is 0. The van der Waals surface area contributed by atoms with Gasteiger partial charge < -0.3 is 19.7 Å². The lowest BCUT2D eigenvalue weighted by Crippen LogP contribution is -2.48. The Bertz CT molecular complexity index is 459. The van der Waals surface area contributed by atoms with Gasteiger partial charge in [0, 0.05) is 32.3 Å². The summed E-state index contributed by atoms with van der Waals surface area (Å²) in [6, 6.07) is 0.615. The molecule has 0 aromatic carbocycles. The predicted octanol–water partition coefficient (Wildman–Crippen LogP) is 2.88. The first kappa shape index (κ1) is 21.8. The fourth-order valence-corrected chi connectivity index (χ4v) is 4.72. The Kier molecular flexibility index (Phi) is 9.35. The highest BCUT2D eigenvalue weighted by molar-refractivity contribution is 5.80. The van der Waals surface area contributed by atoms with Crippen molar-refractivity contribution in [1.29, 1.82) is 0 Å². The van der Waals surface area contributed by atoms with Gasteiger partial charge in [0.1, 0.15) is 0 Å². The molecule has 3 rings (SSSR count). The van der Waals surface area contributed by atoms with E-state index in [1.54, 1.807) is 0 Å². The van der Waals surface area contributed by atoms with Crippen molar-refractivity contribution in [2.24, 2.45) is 4.99 Å². The highest BCUT2D eigenvalue weighted by Crippen LogP contribution is 2.19. The van der Waals surface area contributed by atoms with Gasteiger partial charge in [-0.1, -0.05) is 13.3 Å². The summed E-state index contributed by atoms with van der Waals surface area (Å²) >= 11 is 0. The Morgan fingerprint density at radius 3 is 2.57 bits per heavy atom. The first-order chi connectivity index (χ1) is 13.8. The molecule has 2 atom stereocenters.